The second kappa shape index (κ2) is 4.00. The van der Waals surface area contributed by atoms with Gasteiger partial charge < -0.3 is 15.0 Å². The molecule has 0 unspecified atom stereocenters. The first-order chi connectivity index (χ1) is 7.28. The van der Waals surface area contributed by atoms with Crippen LogP contribution in [0, 0.1) is 0 Å². The van der Waals surface area contributed by atoms with E-state index >= 15 is 0 Å². The van der Waals surface area contributed by atoms with Crippen LogP contribution in [-0.2, 0) is 6.42 Å². The fourth-order valence-corrected chi connectivity index (χ4v) is 1.30. The Labute approximate surface area is 86.9 Å². The molecular formula is C10H11N3O2. The predicted molar refractivity (Wildman–Crippen MR) is 54.5 cm³/mol. The molecule has 78 valence electrons. The van der Waals surface area contributed by atoms with Gasteiger partial charge in [-0.1, -0.05) is 17.3 Å². The number of nitrogens with zero attached hydrogens (tertiary/aromatic N) is 2. The highest BCUT2D eigenvalue weighted by Gasteiger charge is 2.04. The number of nitrogens with two attached hydrogens (primary N) is 1. The predicted octanol–water partition coefficient (Wildman–Crippen LogP) is 1.25. The monoisotopic (exact) mass is 205 g/mol. The summed E-state index contributed by atoms with van der Waals surface area (Å²) in [6, 6.07) is 7.78. The molecule has 0 aliphatic carbocycles. The van der Waals surface area contributed by atoms with Gasteiger partial charge in [-0.2, -0.15) is 4.98 Å². The molecular weight excluding hydrogens is 194 g/mol. The molecule has 0 spiro atoms. The highest BCUT2D eigenvalue weighted by atomic mass is 16.5. The Morgan fingerprint density at radius 1 is 1.47 bits per heavy atom. The van der Waals surface area contributed by atoms with E-state index in [2.05, 4.69) is 14.7 Å². The zero-order valence-electron chi connectivity index (χ0n) is 8.30. The van der Waals surface area contributed by atoms with Crippen molar-refractivity contribution in [3.05, 3.63) is 35.7 Å². The number of ether oxygens (including phenoxy) is 1. The molecule has 1 heterocycles. The van der Waals surface area contributed by atoms with E-state index in [1.54, 1.807) is 7.11 Å². The standard InChI is InChI=1S/C10H11N3O2/c1-14-8-4-2-3-7(5-8)6-9-12-10(11)15-13-9/h2-5H,6H2,1H3,(H2,11,12,13). The van der Waals surface area contributed by atoms with E-state index in [4.69, 9.17) is 10.5 Å². The van der Waals surface area contributed by atoms with Gasteiger partial charge >= 0.3 is 6.01 Å². The van der Waals surface area contributed by atoms with Gasteiger partial charge in [0, 0.05) is 6.42 Å². The second-order valence-electron chi connectivity index (χ2n) is 3.08. The molecule has 0 atom stereocenters. The number of aromatic nitrogens is 2. The summed E-state index contributed by atoms with van der Waals surface area (Å²) < 4.78 is 9.79. The maximum Gasteiger partial charge on any atom is 0.318 e. The van der Waals surface area contributed by atoms with Crippen LogP contribution in [0.2, 0.25) is 0 Å². The Bertz CT molecular complexity index is 453. The maximum absolute atomic E-state index is 5.32. The second-order valence-corrected chi connectivity index (χ2v) is 3.08. The number of rotatable bonds is 3. The van der Waals surface area contributed by atoms with Crippen LogP contribution in [0.5, 0.6) is 5.75 Å². The third-order valence-corrected chi connectivity index (χ3v) is 1.98. The molecule has 0 saturated heterocycles. The highest BCUT2D eigenvalue weighted by molar-refractivity contribution is 5.30. The Morgan fingerprint density at radius 2 is 2.33 bits per heavy atom. The largest absolute Gasteiger partial charge is 0.497 e. The Balaban J connectivity index is 2.16. The van der Waals surface area contributed by atoms with E-state index in [1.165, 1.54) is 0 Å². The van der Waals surface area contributed by atoms with Crippen molar-refractivity contribution in [2.45, 2.75) is 6.42 Å². The Morgan fingerprint density at radius 3 is 3.00 bits per heavy atom. The molecule has 0 fully saturated rings. The normalized spacial score (nSPS) is 10.2. The molecule has 5 heteroatoms. The number of methoxy groups -OCH3 is 1. The van der Waals surface area contributed by atoms with Gasteiger partial charge in [-0.25, -0.2) is 0 Å². The van der Waals surface area contributed by atoms with Crippen LogP contribution in [0.1, 0.15) is 11.4 Å². The first kappa shape index (κ1) is 9.51. The minimum Gasteiger partial charge on any atom is -0.497 e. The summed E-state index contributed by atoms with van der Waals surface area (Å²) in [6.45, 7) is 0. The number of hydrogen-bond acceptors (Lipinski definition) is 5. The fraction of sp³-hybridized carbons (Fsp3) is 0.200. The minimum atomic E-state index is 0.0906. The fourth-order valence-electron chi connectivity index (χ4n) is 1.30. The Hall–Kier alpha value is -2.04. The molecule has 0 radical (unpaired) electrons. The lowest BCUT2D eigenvalue weighted by Gasteiger charge is -2.01. The first-order valence-electron chi connectivity index (χ1n) is 4.49. The van der Waals surface area contributed by atoms with E-state index in [0.717, 1.165) is 11.3 Å². The van der Waals surface area contributed by atoms with E-state index in [0.29, 0.717) is 12.2 Å². The van der Waals surface area contributed by atoms with Crippen LogP contribution in [0.25, 0.3) is 0 Å². The van der Waals surface area contributed by atoms with Crippen LogP contribution < -0.4 is 10.5 Å². The maximum atomic E-state index is 5.32. The molecule has 5 nitrogen and oxygen atoms in total. The topological polar surface area (TPSA) is 74.2 Å². The summed E-state index contributed by atoms with van der Waals surface area (Å²) in [7, 11) is 1.63. The van der Waals surface area contributed by atoms with Gasteiger partial charge in [0.05, 0.1) is 7.11 Å². The van der Waals surface area contributed by atoms with Crippen molar-refractivity contribution in [1.82, 2.24) is 10.1 Å². The van der Waals surface area contributed by atoms with Gasteiger partial charge in [-0.3, -0.25) is 0 Å². The molecule has 2 aromatic rings. The van der Waals surface area contributed by atoms with Gasteiger partial charge in [0.15, 0.2) is 5.82 Å². The highest BCUT2D eigenvalue weighted by Crippen LogP contribution is 2.15. The van der Waals surface area contributed by atoms with Gasteiger partial charge in [-0.15, -0.1) is 0 Å². The Kier molecular flexibility index (Phi) is 2.53. The van der Waals surface area contributed by atoms with Gasteiger partial charge in [0.25, 0.3) is 0 Å². The number of anilines is 1. The molecule has 1 aromatic heterocycles. The SMILES string of the molecule is COc1cccc(Cc2noc(N)n2)c1. The van der Waals surface area contributed by atoms with Crippen LogP contribution in [0.4, 0.5) is 6.01 Å². The van der Waals surface area contributed by atoms with Crippen molar-refractivity contribution >= 4 is 6.01 Å². The van der Waals surface area contributed by atoms with Crippen molar-refractivity contribution in [3.8, 4) is 5.75 Å². The van der Waals surface area contributed by atoms with Crippen molar-refractivity contribution in [3.63, 3.8) is 0 Å². The van der Waals surface area contributed by atoms with Crippen LogP contribution in [0.15, 0.2) is 28.8 Å². The summed E-state index contributed by atoms with van der Waals surface area (Å²) in [5.41, 5.74) is 6.37. The van der Waals surface area contributed by atoms with Gasteiger partial charge in [0.2, 0.25) is 0 Å². The lowest BCUT2D eigenvalue weighted by molar-refractivity contribution is 0.414. The third kappa shape index (κ3) is 2.25. The average molecular weight is 205 g/mol. The van der Waals surface area contributed by atoms with E-state index in [9.17, 15) is 0 Å². The number of nitrogen functional groups attached to an aromatic ring is 1. The zero-order valence-corrected chi connectivity index (χ0v) is 8.30. The average Bonchev–Trinajstić information content (AvgIpc) is 2.64. The van der Waals surface area contributed by atoms with Crippen molar-refractivity contribution in [2.24, 2.45) is 0 Å². The van der Waals surface area contributed by atoms with E-state index in [-0.39, 0.29) is 6.01 Å². The van der Waals surface area contributed by atoms with Crippen molar-refractivity contribution in [1.29, 1.82) is 0 Å². The van der Waals surface area contributed by atoms with Crippen LogP contribution in [-0.4, -0.2) is 17.3 Å². The lowest BCUT2D eigenvalue weighted by atomic mass is 10.1. The minimum absolute atomic E-state index is 0.0906. The quantitative estimate of drug-likeness (QED) is 0.816. The summed E-state index contributed by atoms with van der Waals surface area (Å²) in [5.74, 6) is 1.38. The molecule has 0 amide bonds. The molecule has 1 aromatic carbocycles. The summed E-state index contributed by atoms with van der Waals surface area (Å²) in [5, 5.41) is 3.71. The van der Waals surface area contributed by atoms with E-state index < -0.39 is 0 Å². The molecule has 0 saturated carbocycles. The lowest BCUT2D eigenvalue weighted by Crippen LogP contribution is -1.92. The van der Waals surface area contributed by atoms with Crippen LogP contribution >= 0.6 is 0 Å². The summed E-state index contributed by atoms with van der Waals surface area (Å²) in [4.78, 5) is 3.92. The van der Waals surface area contributed by atoms with Crippen LogP contribution in [0.3, 0.4) is 0 Å². The molecule has 2 N–H and O–H groups in total. The summed E-state index contributed by atoms with van der Waals surface area (Å²) >= 11 is 0. The zero-order chi connectivity index (χ0) is 10.7. The number of hydrogen-bond donors (Lipinski definition) is 1. The molecule has 15 heavy (non-hydrogen) atoms. The smallest absolute Gasteiger partial charge is 0.318 e. The summed E-state index contributed by atoms with van der Waals surface area (Å²) in [6.07, 6.45) is 0.581. The van der Waals surface area contributed by atoms with Crippen molar-refractivity contribution < 1.29 is 9.26 Å². The molecule has 2 rings (SSSR count). The molecule has 0 aliphatic rings. The van der Waals surface area contributed by atoms with Gasteiger partial charge in [-0.05, 0) is 17.7 Å². The van der Waals surface area contributed by atoms with E-state index in [1.807, 2.05) is 24.3 Å². The third-order valence-electron chi connectivity index (χ3n) is 1.98. The molecule has 0 aliphatic heterocycles. The number of benzene rings is 1. The first-order valence-corrected chi connectivity index (χ1v) is 4.49. The van der Waals surface area contributed by atoms with Gasteiger partial charge in [0.1, 0.15) is 5.75 Å². The van der Waals surface area contributed by atoms with Crippen molar-refractivity contribution in [2.75, 3.05) is 12.8 Å². The molecule has 0 bridgehead atoms.